The number of benzene rings is 1. The molecule has 3 nitrogen and oxygen atoms in total. The summed E-state index contributed by atoms with van der Waals surface area (Å²) in [5.74, 6) is 0.624. The zero-order valence-corrected chi connectivity index (χ0v) is 11.8. The second-order valence-corrected chi connectivity index (χ2v) is 5.22. The lowest BCUT2D eigenvalue weighted by Crippen LogP contribution is -1.87. The van der Waals surface area contributed by atoms with Crippen LogP contribution in [0.2, 0.25) is 10.2 Å². The topological polar surface area (TPSA) is 39.2 Å². The van der Waals surface area contributed by atoms with Crippen molar-refractivity contribution in [2.45, 2.75) is 13.3 Å². The van der Waals surface area contributed by atoms with Crippen LogP contribution in [0.25, 0.3) is 0 Å². The minimum absolute atomic E-state index is 0.162. The summed E-state index contributed by atoms with van der Waals surface area (Å²) in [6.07, 6.45) is 1.47. The first kappa shape index (κ1) is 13.3. The molecule has 94 valence electrons. The fourth-order valence-electron chi connectivity index (χ4n) is 1.40. The van der Waals surface area contributed by atoms with E-state index < -0.39 is 0 Å². The lowest BCUT2D eigenvalue weighted by molar-refractivity contribution is 0.112. The molecule has 2 rings (SSSR count). The average Bonchev–Trinajstić information content (AvgIpc) is 2.72. The van der Waals surface area contributed by atoms with Gasteiger partial charge in [0, 0.05) is 5.02 Å². The minimum Gasteiger partial charge on any atom is -0.431 e. The molecular formula is C12H9Cl2NO2S. The van der Waals surface area contributed by atoms with Crippen molar-refractivity contribution in [3.05, 3.63) is 38.8 Å². The Morgan fingerprint density at radius 1 is 1.44 bits per heavy atom. The lowest BCUT2D eigenvalue weighted by atomic mass is 10.2. The molecule has 0 radical (unpaired) electrons. The molecular weight excluding hydrogens is 293 g/mol. The molecule has 0 saturated carbocycles. The summed E-state index contributed by atoms with van der Waals surface area (Å²) in [6.45, 7) is 2.01. The molecule has 0 N–H and O–H groups in total. The molecule has 1 heterocycles. The van der Waals surface area contributed by atoms with Crippen molar-refractivity contribution < 1.29 is 9.53 Å². The molecule has 0 amide bonds. The first-order valence-electron chi connectivity index (χ1n) is 5.21. The Kier molecular flexibility index (Phi) is 4.22. The van der Waals surface area contributed by atoms with Gasteiger partial charge in [-0.15, -0.1) is 0 Å². The van der Waals surface area contributed by atoms with Gasteiger partial charge in [0.05, 0.1) is 0 Å². The molecule has 2 aromatic rings. The van der Waals surface area contributed by atoms with Crippen LogP contribution in [0, 0.1) is 0 Å². The van der Waals surface area contributed by atoms with Crippen molar-refractivity contribution in [3.63, 3.8) is 0 Å². The Morgan fingerprint density at radius 3 is 2.83 bits per heavy atom. The number of aromatic nitrogens is 1. The van der Waals surface area contributed by atoms with Gasteiger partial charge in [-0.25, -0.2) is 0 Å². The third kappa shape index (κ3) is 2.83. The number of aryl methyl sites for hydroxylation is 1. The highest BCUT2D eigenvalue weighted by Gasteiger charge is 2.10. The van der Waals surface area contributed by atoms with Gasteiger partial charge in [-0.1, -0.05) is 41.5 Å². The number of halogens is 2. The van der Waals surface area contributed by atoms with Crippen molar-refractivity contribution in [2.24, 2.45) is 0 Å². The number of carbonyl (C=O) groups excluding carboxylic acids is 1. The predicted molar refractivity (Wildman–Crippen MR) is 73.4 cm³/mol. The zero-order chi connectivity index (χ0) is 13.1. The Balaban J connectivity index is 2.25. The third-order valence-electron chi connectivity index (χ3n) is 2.30. The van der Waals surface area contributed by atoms with Crippen molar-refractivity contribution in [1.82, 2.24) is 4.98 Å². The van der Waals surface area contributed by atoms with Crippen LogP contribution < -0.4 is 4.74 Å². The first-order chi connectivity index (χ1) is 8.63. The number of hydrogen-bond donors (Lipinski definition) is 0. The number of thiazole rings is 1. The Bertz CT molecular complexity index is 583. The van der Waals surface area contributed by atoms with E-state index in [1.54, 1.807) is 12.1 Å². The van der Waals surface area contributed by atoms with E-state index in [0.29, 0.717) is 27.1 Å². The molecule has 18 heavy (non-hydrogen) atoms. The van der Waals surface area contributed by atoms with Gasteiger partial charge in [0.25, 0.3) is 5.19 Å². The van der Waals surface area contributed by atoms with E-state index >= 15 is 0 Å². The second kappa shape index (κ2) is 5.69. The number of carbonyl (C=O) groups is 1. The van der Waals surface area contributed by atoms with Crippen LogP contribution in [0.1, 0.15) is 22.2 Å². The van der Waals surface area contributed by atoms with Crippen molar-refractivity contribution in [1.29, 1.82) is 0 Å². The Morgan fingerprint density at radius 2 is 2.22 bits per heavy atom. The summed E-state index contributed by atoms with van der Waals surface area (Å²) in [5.41, 5.74) is 0.993. The van der Waals surface area contributed by atoms with Crippen LogP contribution in [0.15, 0.2) is 18.2 Å². The standard InChI is InChI=1S/C12H9Cl2NO2S/c1-2-7-5-8(3-4-9(7)13)17-12-15-11(14)10(6-16)18-12/h3-6H,2H2,1H3. The molecule has 0 atom stereocenters. The molecule has 0 aliphatic rings. The predicted octanol–water partition coefficient (Wildman–Crippen LogP) is 4.62. The fourth-order valence-corrected chi connectivity index (χ4v) is 2.58. The van der Waals surface area contributed by atoms with Gasteiger partial charge in [0.1, 0.15) is 10.6 Å². The van der Waals surface area contributed by atoms with Gasteiger partial charge in [0.15, 0.2) is 11.4 Å². The highest BCUT2D eigenvalue weighted by atomic mass is 35.5. The normalized spacial score (nSPS) is 10.4. The van der Waals surface area contributed by atoms with Crippen LogP contribution in [0.4, 0.5) is 0 Å². The van der Waals surface area contributed by atoms with Gasteiger partial charge in [-0.2, -0.15) is 4.98 Å². The molecule has 1 aromatic carbocycles. The summed E-state index contributed by atoms with van der Waals surface area (Å²) in [5, 5.41) is 1.21. The monoisotopic (exact) mass is 301 g/mol. The van der Waals surface area contributed by atoms with Crippen molar-refractivity contribution in [3.8, 4) is 10.9 Å². The maximum absolute atomic E-state index is 10.7. The zero-order valence-electron chi connectivity index (χ0n) is 9.44. The van der Waals surface area contributed by atoms with Crippen molar-refractivity contribution in [2.75, 3.05) is 0 Å². The van der Waals surface area contributed by atoms with Crippen LogP contribution in [-0.4, -0.2) is 11.3 Å². The van der Waals surface area contributed by atoms with E-state index in [9.17, 15) is 4.79 Å². The van der Waals surface area contributed by atoms with Crippen LogP contribution in [0.5, 0.6) is 10.9 Å². The summed E-state index contributed by atoms with van der Waals surface area (Å²) >= 11 is 12.9. The third-order valence-corrected chi connectivity index (χ3v) is 3.93. The van der Waals surface area contributed by atoms with E-state index in [-0.39, 0.29) is 5.15 Å². The maximum Gasteiger partial charge on any atom is 0.280 e. The number of aldehydes is 1. The summed E-state index contributed by atoms with van der Waals surface area (Å²) in [7, 11) is 0. The first-order valence-corrected chi connectivity index (χ1v) is 6.79. The summed E-state index contributed by atoms with van der Waals surface area (Å²) < 4.78 is 5.54. The van der Waals surface area contributed by atoms with E-state index in [2.05, 4.69) is 4.98 Å². The SMILES string of the molecule is CCc1cc(Oc2nc(Cl)c(C=O)s2)ccc1Cl. The molecule has 0 saturated heterocycles. The molecule has 0 bridgehead atoms. The Labute approximate surface area is 118 Å². The molecule has 0 unspecified atom stereocenters. The molecule has 0 spiro atoms. The summed E-state index contributed by atoms with van der Waals surface area (Å²) in [4.78, 5) is 15.0. The van der Waals surface area contributed by atoms with Crippen LogP contribution in [-0.2, 0) is 6.42 Å². The highest BCUT2D eigenvalue weighted by Crippen LogP contribution is 2.32. The second-order valence-electron chi connectivity index (χ2n) is 3.46. The van der Waals surface area contributed by atoms with Gasteiger partial charge in [-0.3, -0.25) is 4.79 Å². The van der Waals surface area contributed by atoms with E-state index in [0.717, 1.165) is 23.3 Å². The van der Waals surface area contributed by atoms with E-state index in [1.807, 2.05) is 13.0 Å². The molecule has 0 aliphatic carbocycles. The van der Waals surface area contributed by atoms with Gasteiger partial charge in [0.2, 0.25) is 0 Å². The number of ether oxygens (including phenoxy) is 1. The largest absolute Gasteiger partial charge is 0.431 e. The molecule has 0 fully saturated rings. The van der Waals surface area contributed by atoms with Gasteiger partial charge >= 0.3 is 0 Å². The number of hydrogen-bond acceptors (Lipinski definition) is 4. The van der Waals surface area contributed by atoms with Gasteiger partial charge in [-0.05, 0) is 30.2 Å². The molecule has 6 heteroatoms. The quantitative estimate of drug-likeness (QED) is 0.774. The Hall–Kier alpha value is -1.10. The fraction of sp³-hybridized carbons (Fsp3) is 0.167. The maximum atomic E-state index is 10.7. The lowest BCUT2D eigenvalue weighted by Gasteiger charge is -2.05. The van der Waals surface area contributed by atoms with Gasteiger partial charge < -0.3 is 4.74 Å². The molecule has 0 aliphatic heterocycles. The smallest absolute Gasteiger partial charge is 0.280 e. The van der Waals surface area contributed by atoms with Crippen LogP contribution in [0.3, 0.4) is 0 Å². The molecule has 1 aromatic heterocycles. The average molecular weight is 302 g/mol. The summed E-state index contributed by atoms with van der Waals surface area (Å²) in [6, 6.07) is 5.36. The van der Waals surface area contributed by atoms with E-state index in [4.69, 9.17) is 27.9 Å². The number of rotatable bonds is 4. The highest BCUT2D eigenvalue weighted by molar-refractivity contribution is 7.15. The number of nitrogens with zero attached hydrogens (tertiary/aromatic N) is 1. The van der Waals surface area contributed by atoms with Crippen molar-refractivity contribution >= 4 is 40.8 Å². The van der Waals surface area contributed by atoms with Crippen LogP contribution >= 0.6 is 34.5 Å². The minimum atomic E-state index is 0.162. The van der Waals surface area contributed by atoms with E-state index in [1.165, 1.54) is 0 Å².